The lowest BCUT2D eigenvalue weighted by atomic mass is 9.62. The highest BCUT2D eigenvalue weighted by molar-refractivity contribution is 7.59. The molecule has 3 aromatic rings. The van der Waals surface area contributed by atoms with Crippen LogP contribution in [0, 0.1) is 0 Å². The number of hydrogen-bond acceptors (Lipinski definition) is 7. The first-order valence-electron chi connectivity index (χ1n) is 19.2. The first kappa shape index (κ1) is 44.7. The number of para-hydroxylation sites is 1. The molecule has 0 unspecified atom stereocenters. The first-order chi connectivity index (χ1) is 25.6. The van der Waals surface area contributed by atoms with Crippen molar-refractivity contribution in [2.75, 3.05) is 26.7 Å². The number of fused-ring (bicyclic) bond motifs is 1. The number of nitrogens with zero attached hydrogens (tertiary/aromatic N) is 2. The number of nitrogens with one attached hydrogen (secondary N) is 1. The highest BCUT2D eigenvalue weighted by Crippen LogP contribution is 2.49. The lowest BCUT2D eigenvalue weighted by Crippen LogP contribution is -2.54. The van der Waals surface area contributed by atoms with Crippen LogP contribution in [-0.4, -0.2) is 89.6 Å². The van der Waals surface area contributed by atoms with Gasteiger partial charge in [-0.1, -0.05) is 66.7 Å². The van der Waals surface area contributed by atoms with Gasteiger partial charge in [0, 0.05) is 32.1 Å². The molecule has 0 saturated carbocycles. The van der Waals surface area contributed by atoms with Crippen LogP contribution in [0.5, 0.6) is 5.75 Å². The van der Waals surface area contributed by atoms with Gasteiger partial charge in [0.2, 0.25) is 11.8 Å². The van der Waals surface area contributed by atoms with E-state index in [0.29, 0.717) is 56.5 Å². The molecule has 2 heterocycles. The maximum Gasteiger partial charge on any atom is 0.329 e. The lowest BCUT2D eigenvalue weighted by molar-refractivity contribution is -0.164. The van der Waals surface area contributed by atoms with Gasteiger partial charge in [-0.3, -0.25) is 14.4 Å². The van der Waals surface area contributed by atoms with Crippen LogP contribution >= 0.6 is 27.0 Å². The second kappa shape index (κ2) is 18.1. The average Bonchev–Trinajstić information content (AvgIpc) is 3.56. The number of likely N-dealkylation sites (tertiary alicyclic amines) is 2. The molecule has 1 aliphatic carbocycles. The number of piperidine rings is 1. The Morgan fingerprint density at radius 2 is 1.41 bits per heavy atom. The van der Waals surface area contributed by atoms with E-state index in [1.54, 1.807) is 24.1 Å². The molecule has 10 nitrogen and oxygen atoms in total. The summed E-state index contributed by atoms with van der Waals surface area (Å²) in [4.78, 5) is 60.3. The van der Waals surface area contributed by atoms with Crippen LogP contribution in [0.2, 0.25) is 0 Å². The minimum Gasteiger partial charge on any atom is -0.496 e. The van der Waals surface area contributed by atoms with Crippen LogP contribution in [0.1, 0.15) is 107 Å². The number of amides is 3. The third-order valence-corrected chi connectivity index (χ3v) is 10.7. The third kappa shape index (κ3) is 9.57. The van der Waals surface area contributed by atoms with Crippen molar-refractivity contribution >= 4 is 50.7 Å². The number of carbonyl (C=O) groups is 4. The number of carbonyl (C=O) groups excluding carboxylic acids is 4. The average molecular weight is 806 g/mol. The number of rotatable bonds is 8. The Morgan fingerprint density at radius 1 is 0.786 bits per heavy atom. The number of methoxy groups -OCH3 is 1. The molecule has 0 spiro atoms. The summed E-state index contributed by atoms with van der Waals surface area (Å²) >= 11 is 0. The third-order valence-electron chi connectivity index (χ3n) is 10.7. The normalized spacial score (nSPS) is 22.5. The van der Waals surface area contributed by atoms with E-state index < -0.39 is 34.5 Å². The quantitative estimate of drug-likeness (QED) is 0.255. The maximum atomic E-state index is 15.4. The van der Waals surface area contributed by atoms with Gasteiger partial charge < -0.3 is 29.3 Å². The first-order valence-corrected chi connectivity index (χ1v) is 19.2. The van der Waals surface area contributed by atoms with Gasteiger partial charge >= 0.3 is 5.97 Å². The summed E-state index contributed by atoms with van der Waals surface area (Å²) in [5.41, 5.74) is 0.578. The molecule has 2 saturated heterocycles. The molecule has 3 amide bonds. The predicted octanol–water partition coefficient (Wildman–Crippen LogP) is 6.63. The van der Waals surface area contributed by atoms with Gasteiger partial charge in [-0.15, -0.1) is 0 Å². The van der Waals surface area contributed by atoms with Crippen LogP contribution in [0.25, 0.3) is 0 Å². The molecule has 3 aliphatic rings. The zero-order chi connectivity index (χ0) is 38.8. The standard InChI is InChI=1S/C44H55N3O7.2H2S/c1-42(2,3)53-31-27-36(40(50)54-43(4,5)6)47(28-31)41(51)44(29-15-9-8-10-16-29)24-21-33(32-17-11-13-19-35(32)44)39(49)46-25-22-30(23-26-46)45-38(48)34-18-12-14-20-37(34)52-7;;/h8-20,30-31,33,36H,21-28H2,1-7H3,(H,45,48);2*1H2/t31-,33+,36+,44-;;/m1../s1. The van der Waals surface area contributed by atoms with E-state index in [1.165, 1.54) is 0 Å². The van der Waals surface area contributed by atoms with Gasteiger partial charge in [0.15, 0.2) is 0 Å². The van der Waals surface area contributed by atoms with Gasteiger partial charge in [0.25, 0.3) is 5.91 Å². The van der Waals surface area contributed by atoms with Crippen molar-refractivity contribution < 1.29 is 33.4 Å². The van der Waals surface area contributed by atoms with Gasteiger partial charge in [-0.2, -0.15) is 27.0 Å². The molecular weight excluding hydrogens is 747 g/mol. The van der Waals surface area contributed by atoms with Gasteiger partial charge in [0.05, 0.1) is 35.7 Å². The number of esters is 1. The summed E-state index contributed by atoms with van der Waals surface area (Å²) < 4.78 is 17.6. The van der Waals surface area contributed by atoms with Crippen molar-refractivity contribution in [2.45, 2.75) is 114 Å². The van der Waals surface area contributed by atoms with E-state index in [0.717, 1.165) is 16.7 Å². The minimum absolute atomic E-state index is 0. The SMILES string of the molecule is COc1ccccc1C(=O)NC1CCN(C(=O)[C@H]2CC[C@@](C(=O)N3C[C@H](OC(C)(C)C)C[C@H]3C(=O)OC(C)(C)C)(c3ccccc3)c3ccccc32)CC1.S.S. The van der Waals surface area contributed by atoms with Crippen molar-refractivity contribution in [1.82, 2.24) is 15.1 Å². The second-order valence-corrected chi connectivity index (χ2v) is 16.8. The fourth-order valence-corrected chi connectivity index (χ4v) is 8.47. The van der Waals surface area contributed by atoms with Crippen molar-refractivity contribution in [3.63, 3.8) is 0 Å². The Labute approximate surface area is 345 Å². The largest absolute Gasteiger partial charge is 0.496 e. The topological polar surface area (TPSA) is 114 Å². The molecule has 56 heavy (non-hydrogen) atoms. The second-order valence-electron chi connectivity index (χ2n) is 16.8. The highest BCUT2D eigenvalue weighted by atomic mass is 32.1. The summed E-state index contributed by atoms with van der Waals surface area (Å²) in [5.74, 6) is -0.719. The smallest absolute Gasteiger partial charge is 0.329 e. The molecule has 12 heteroatoms. The number of ether oxygens (including phenoxy) is 3. The van der Waals surface area contributed by atoms with Gasteiger partial charge in [-0.05, 0) is 96.0 Å². The van der Waals surface area contributed by atoms with Crippen molar-refractivity contribution in [3.05, 3.63) is 101 Å². The molecule has 0 bridgehead atoms. The Kier molecular flexibility index (Phi) is 14.4. The predicted molar refractivity (Wildman–Crippen MR) is 227 cm³/mol. The molecule has 304 valence electrons. The Morgan fingerprint density at radius 3 is 2.05 bits per heavy atom. The van der Waals surface area contributed by atoms with Crippen LogP contribution < -0.4 is 10.1 Å². The summed E-state index contributed by atoms with van der Waals surface area (Å²) in [6.45, 7) is 12.7. The molecule has 0 aromatic heterocycles. The molecule has 3 aromatic carbocycles. The monoisotopic (exact) mass is 805 g/mol. The fourth-order valence-electron chi connectivity index (χ4n) is 8.47. The molecule has 1 N–H and O–H groups in total. The molecular formula is C44H59N3O7S2. The van der Waals surface area contributed by atoms with Gasteiger partial charge in [0.1, 0.15) is 17.4 Å². The molecule has 2 fully saturated rings. The number of benzene rings is 3. The Balaban J connectivity index is 0.00000348. The summed E-state index contributed by atoms with van der Waals surface area (Å²) in [6, 6.07) is 23.8. The molecule has 0 radical (unpaired) electrons. The molecule has 2 aliphatic heterocycles. The Bertz CT molecular complexity index is 1850. The summed E-state index contributed by atoms with van der Waals surface area (Å²) in [5, 5.41) is 3.13. The van der Waals surface area contributed by atoms with E-state index in [9.17, 15) is 14.4 Å². The molecule has 4 atom stereocenters. The van der Waals surface area contributed by atoms with Gasteiger partial charge in [-0.25, -0.2) is 4.79 Å². The van der Waals surface area contributed by atoms with E-state index in [4.69, 9.17) is 14.2 Å². The van der Waals surface area contributed by atoms with Crippen molar-refractivity contribution in [1.29, 1.82) is 0 Å². The zero-order valence-electron chi connectivity index (χ0n) is 33.7. The van der Waals surface area contributed by atoms with Crippen LogP contribution in [0.15, 0.2) is 78.9 Å². The van der Waals surface area contributed by atoms with Crippen LogP contribution in [0.4, 0.5) is 0 Å². The fraction of sp³-hybridized carbons (Fsp3) is 0.500. The summed E-state index contributed by atoms with van der Waals surface area (Å²) in [7, 11) is 1.55. The van der Waals surface area contributed by atoms with Crippen LogP contribution in [0.3, 0.4) is 0 Å². The summed E-state index contributed by atoms with van der Waals surface area (Å²) in [6.07, 6.45) is 2.08. The number of hydrogen-bond donors (Lipinski definition) is 1. The minimum atomic E-state index is -1.14. The van der Waals surface area contributed by atoms with E-state index in [2.05, 4.69) is 5.32 Å². The van der Waals surface area contributed by atoms with E-state index in [1.807, 2.05) is 113 Å². The van der Waals surface area contributed by atoms with E-state index in [-0.39, 0.29) is 63.4 Å². The Hall–Kier alpha value is -4.00. The molecule has 6 rings (SSSR count). The van der Waals surface area contributed by atoms with Crippen molar-refractivity contribution in [2.24, 2.45) is 0 Å². The van der Waals surface area contributed by atoms with E-state index >= 15 is 4.79 Å². The van der Waals surface area contributed by atoms with Crippen LogP contribution in [-0.2, 0) is 29.3 Å². The lowest BCUT2D eigenvalue weighted by Gasteiger charge is -2.45. The van der Waals surface area contributed by atoms with Crippen molar-refractivity contribution in [3.8, 4) is 5.75 Å². The maximum absolute atomic E-state index is 15.4. The zero-order valence-corrected chi connectivity index (χ0v) is 35.7. The highest BCUT2D eigenvalue weighted by Gasteiger charge is 2.54.